The molecule has 1 heterocycles. The summed E-state index contributed by atoms with van der Waals surface area (Å²) >= 11 is 0. The van der Waals surface area contributed by atoms with Crippen molar-refractivity contribution in [3.63, 3.8) is 0 Å². The molecule has 1 amide bonds. The molecule has 21 heavy (non-hydrogen) atoms. The van der Waals surface area contributed by atoms with Crippen molar-refractivity contribution < 1.29 is 24.2 Å². The first-order valence-corrected chi connectivity index (χ1v) is 6.73. The minimum atomic E-state index is -1.65. The molecule has 0 aromatic rings. The van der Waals surface area contributed by atoms with Crippen molar-refractivity contribution in [2.45, 2.75) is 59.3 Å². The van der Waals surface area contributed by atoms with Crippen LogP contribution in [0.5, 0.6) is 0 Å². The minimum Gasteiger partial charge on any atom is -0.464 e. The first-order valence-electron chi connectivity index (χ1n) is 6.73. The molecular weight excluding hydrogens is 276 g/mol. The van der Waals surface area contributed by atoms with Gasteiger partial charge in [0.2, 0.25) is 0 Å². The minimum absolute atomic E-state index is 0.0132. The van der Waals surface area contributed by atoms with Gasteiger partial charge in [-0.3, -0.25) is 0 Å². The topological polar surface area (TPSA) is 88.4 Å². The SMILES string of the molecule is COC(=O)C1=NN(C(=O)OC(C)(C)C)[C@@](O)(C(C)(C)C)C1. The second-order valence-electron chi connectivity index (χ2n) is 7.07. The third-order valence-corrected chi connectivity index (χ3v) is 3.17. The van der Waals surface area contributed by atoms with Crippen LogP contribution in [0.3, 0.4) is 0 Å². The number of carbonyl (C=O) groups excluding carboxylic acids is 2. The molecule has 1 rings (SSSR count). The summed E-state index contributed by atoms with van der Waals surface area (Å²) in [6.45, 7) is 10.4. The number of rotatable bonds is 1. The van der Waals surface area contributed by atoms with Gasteiger partial charge in [0.25, 0.3) is 0 Å². The predicted octanol–water partition coefficient (Wildman–Crippen LogP) is 1.89. The van der Waals surface area contributed by atoms with Crippen LogP contribution in [0.4, 0.5) is 4.79 Å². The third-order valence-electron chi connectivity index (χ3n) is 3.17. The van der Waals surface area contributed by atoms with E-state index in [1.54, 1.807) is 41.5 Å². The van der Waals surface area contributed by atoms with Gasteiger partial charge in [0.1, 0.15) is 5.60 Å². The van der Waals surface area contributed by atoms with Crippen molar-refractivity contribution in [1.29, 1.82) is 0 Å². The summed E-state index contributed by atoms with van der Waals surface area (Å²) in [7, 11) is 1.22. The average molecular weight is 300 g/mol. The smallest absolute Gasteiger partial charge is 0.433 e. The van der Waals surface area contributed by atoms with Crippen molar-refractivity contribution in [2.24, 2.45) is 10.5 Å². The van der Waals surface area contributed by atoms with Gasteiger partial charge in [-0.15, -0.1) is 0 Å². The predicted molar refractivity (Wildman–Crippen MR) is 76.5 cm³/mol. The summed E-state index contributed by atoms with van der Waals surface area (Å²) in [6.07, 6.45) is -0.915. The fourth-order valence-electron chi connectivity index (χ4n) is 1.86. The number of hydrazone groups is 1. The number of aliphatic hydroxyl groups is 1. The average Bonchev–Trinajstić information content (AvgIpc) is 2.65. The van der Waals surface area contributed by atoms with Crippen LogP contribution in [0.1, 0.15) is 48.0 Å². The Bertz CT molecular complexity index is 473. The van der Waals surface area contributed by atoms with E-state index < -0.39 is 28.8 Å². The Morgan fingerprint density at radius 1 is 1.24 bits per heavy atom. The second-order valence-corrected chi connectivity index (χ2v) is 7.07. The zero-order valence-electron chi connectivity index (χ0n) is 13.7. The standard InChI is InChI=1S/C14H24N2O5/c1-12(2,3)14(19)8-9(10(17)20-7)15-16(14)11(18)21-13(4,5)6/h19H,8H2,1-7H3/t14-/m0/s1. The largest absolute Gasteiger partial charge is 0.464 e. The van der Waals surface area contributed by atoms with Crippen molar-refractivity contribution in [3.05, 3.63) is 0 Å². The van der Waals surface area contributed by atoms with Gasteiger partial charge in [-0.05, 0) is 20.8 Å². The van der Waals surface area contributed by atoms with Crippen LogP contribution in [0.2, 0.25) is 0 Å². The quantitative estimate of drug-likeness (QED) is 0.747. The van der Waals surface area contributed by atoms with Crippen molar-refractivity contribution >= 4 is 17.8 Å². The summed E-state index contributed by atoms with van der Waals surface area (Å²) in [6, 6.07) is 0. The number of amides is 1. The van der Waals surface area contributed by atoms with E-state index in [4.69, 9.17) is 4.74 Å². The van der Waals surface area contributed by atoms with Gasteiger partial charge in [-0.25, -0.2) is 9.59 Å². The molecule has 0 aliphatic carbocycles. The van der Waals surface area contributed by atoms with Crippen LogP contribution >= 0.6 is 0 Å². The van der Waals surface area contributed by atoms with E-state index in [0.717, 1.165) is 5.01 Å². The summed E-state index contributed by atoms with van der Waals surface area (Å²) in [4.78, 5) is 23.9. The maximum Gasteiger partial charge on any atom is 0.433 e. The molecule has 0 bridgehead atoms. The Labute approximate surface area is 124 Å². The molecule has 1 aliphatic heterocycles. The lowest BCUT2D eigenvalue weighted by Crippen LogP contribution is -2.55. The number of hydrogen-bond donors (Lipinski definition) is 1. The van der Waals surface area contributed by atoms with Gasteiger partial charge in [0.05, 0.1) is 7.11 Å². The lowest BCUT2D eigenvalue weighted by molar-refractivity contribution is -0.156. The highest BCUT2D eigenvalue weighted by Crippen LogP contribution is 2.41. The highest BCUT2D eigenvalue weighted by molar-refractivity contribution is 6.37. The summed E-state index contributed by atoms with van der Waals surface area (Å²) in [5.41, 5.74) is -3.14. The van der Waals surface area contributed by atoms with E-state index in [9.17, 15) is 14.7 Å². The van der Waals surface area contributed by atoms with Gasteiger partial charge in [0, 0.05) is 11.8 Å². The third kappa shape index (κ3) is 3.53. The highest BCUT2D eigenvalue weighted by atomic mass is 16.6. The molecule has 0 saturated carbocycles. The maximum absolute atomic E-state index is 12.3. The van der Waals surface area contributed by atoms with Crippen LogP contribution in [-0.2, 0) is 14.3 Å². The van der Waals surface area contributed by atoms with E-state index in [2.05, 4.69) is 9.84 Å². The van der Waals surface area contributed by atoms with Gasteiger partial charge in [-0.2, -0.15) is 10.1 Å². The molecular formula is C14H24N2O5. The Kier molecular flexibility index (Phi) is 4.39. The lowest BCUT2D eigenvalue weighted by Gasteiger charge is -2.41. The normalized spacial score (nSPS) is 22.9. The second kappa shape index (κ2) is 5.29. The molecule has 0 unspecified atom stereocenters. The van der Waals surface area contributed by atoms with Crippen molar-refractivity contribution in [2.75, 3.05) is 7.11 Å². The number of esters is 1. The molecule has 0 spiro atoms. The van der Waals surface area contributed by atoms with Crippen LogP contribution in [-0.4, -0.2) is 46.3 Å². The van der Waals surface area contributed by atoms with E-state index in [1.807, 2.05) is 0 Å². The molecule has 1 atom stereocenters. The Morgan fingerprint density at radius 3 is 2.14 bits per heavy atom. The molecule has 0 saturated heterocycles. The fourth-order valence-corrected chi connectivity index (χ4v) is 1.86. The molecule has 7 nitrogen and oxygen atoms in total. The van der Waals surface area contributed by atoms with Gasteiger partial charge in [0.15, 0.2) is 11.4 Å². The van der Waals surface area contributed by atoms with E-state index in [0.29, 0.717) is 0 Å². The molecule has 7 heteroatoms. The molecule has 0 aromatic heterocycles. The highest BCUT2D eigenvalue weighted by Gasteiger charge is 2.55. The maximum atomic E-state index is 12.3. The van der Waals surface area contributed by atoms with Crippen molar-refractivity contribution in [3.8, 4) is 0 Å². The van der Waals surface area contributed by atoms with Crippen LogP contribution in [0.15, 0.2) is 5.10 Å². The first-order chi connectivity index (χ1) is 9.32. The summed E-state index contributed by atoms with van der Waals surface area (Å²) < 4.78 is 9.85. The van der Waals surface area contributed by atoms with Gasteiger partial charge < -0.3 is 14.6 Å². The molecule has 120 valence electrons. The number of hydrogen-bond acceptors (Lipinski definition) is 6. The summed E-state index contributed by atoms with van der Waals surface area (Å²) in [5.74, 6) is -0.677. The van der Waals surface area contributed by atoms with Crippen LogP contribution < -0.4 is 0 Å². The number of ether oxygens (including phenoxy) is 2. The Hall–Kier alpha value is -1.63. The monoisotopic (exact) mass is 300 g/mol. The zero-order valence-corrected chi connectivity index (χ0v) is 13.7. The first kappa shape index (κ1) is 17.4. The van der Waals surface area contributed by atoms with Crippen LogP contribution in [0, 0.1) is 5.41 Å². The number of carbonyl (C=O) groups is 2. The van der Waals surface area contributed by atoms with Crippen LogP contribution in [0.25, 0.3) is 0 Å². The van der Waals surface area contributed by atoms with Crippen molar-refractivity contribution in [1.82, 2.24) is 5.01 Å². The fraction of sp³-hybridized carbons (Fsp3) is 0.786. The van der Waals surface area contributed by atoms with E-state index in [1.165, 1.54) is 7.11 Å². The van der Waals surface area contributed by atoms with Gasteiger partial charge in [-0.1, -0.05) is 20.8 Å². The molecule has 1 N–H and O–H groups in total. The van der Waals surface area contributed by atoms with E-state index in [-0.39, 0.29) is 12.1 Å². The van der Waals surface area contributed by atoms with E-state index >= 15 is 0 Å². The van der Waals surface area contributed by atoms with Gasteiger partial charge >= 0.3 is 12.1 Å². The lowest BCUT2D eigenvalue weighted by atomic mass is 9.80. The zero-order chi connectivity index (χ0) is 16.6. The molecule has 1 aliphatic rings. The molecule has 0 fully saturated rings. The molecule has 0 aromatic carbocycles. The Balaban J connectivity index is 3.17. The number of methoxy groups -OCH3 is 1. The Morgan fingerprint density at radius 2 is 1.76 bits per heavy atom. The summed E-state index contributed by atoms with van der Waals surface area (Å²) in [5, 5.41) is 15.6. The molecule has 0 radical (unpaired) electrons. The number of nitrogens with zero attached hydrogens (tertiary/aromatic N) is 2.